The third-order valence-corrected chi connectivity index (χ3v) is 4.37. The summed E-state index contributed by atoms with van der Waals surface area (Å²) in [5, 5.41) is 18.7. The van der Waals surface area contributed by atoms with E-state index < -0.39 is 6.10 Å². The van der Waals surface area contributed by atoms with Gasteiger partial charge in [-0.3, -0.25) is 4.90 Å². The SMILES string of the molecule is CCCN1CCN(c2nc3c([nH]2)c(N)nc[n+]3C[C@H](O)CO)CC1. The zero-order valence-corrected chi connectivity index (χ0v) is 14.0. The Morgan fingerprint density at radius 2 is 2.12 bits per heavy atom. The van der Waals surface area contributed by atoms with Crippen molar-refractivity contribution in [3.63, 3.8) is 0 Å². The summed E-state index contributed by atoms with van der Waals surface area (Å²) in [4.78, 5) is 16.7. The topological polar surface area (TPSA) is 118 Å². The average molecular weight is 336 g/mol. The van der Waals surface area contributed by atoms with Gasteiger partial charge in [0.1, 0.15) is 6.10 Å². The molecule has 3 heterocycles. The molecule has 132 valence electrons. The highest BCUT2D eigenvalue weighted by atomic mass is 16.3. The number of aromatic nitrogens is 4. The van der Waals surface area contributed by atoms with Crippen LogP contribution in [0.15, 0.2) is 6.33 Å². The largest absolute Gasteiger partial charge is 0.394 e. The van der Waals surface area contributed by atoms with Crippen LogP contribution in [0.5, 0.6) is 0 Å². The van der Waals surface area contributed by atoms with Gasteiger partial charge in [0.25, 0.3) is 11.6 Å². The van der Waals surface area contributed by atoms with Gasteiger partial charge < -0.3 is 25.8 Å². The second-order valence-electron chi connectivity index (χ2n) is 6.21. The minimum absolute atomic E-state index is 0.217. The number of anilines is 2. The van der Waals surface area contributed by atoms with E-state index in [1.807, 2.05) is 0 Å². The first-order valence-corrected chi connectivity index (χ1v) is 8.42. The lowest BCUT2D eigenvalue weighted by Crippen LogP contribution is -2.47. The van der Waals surface area contributed by atoms with E-state index in [-0.39, 0.29) is 13.2 Å². The summed E-state index contributed by atoms with van der Waals surface area (Å²) in [5.74, 6) is 1.15. The van der Waals surface area contributed by atoms with Crippen molar-refractivity contribution in [2.24, 2.45) is 0 Å². The summed E-state index contributed by atoms with van der Waals surface area (Å²) in [7, 11) is 0. The lowest BCUT2D eigenvalue weighted by molar-refractivity contribution is -0.683. The van der Waals surface area contributed by atoms with Gasteiger partial charge in [-0.05, 0) is 13.0 Å². The predicted molar refractivity (Wildman–Crippen MR) is 90.5 cm³/mol. The Balaban J connectivity index is 1.83. The van der Waals surface area contributed by atoms with Crippen molar-refractivity contribution in [2.75, 3.05) is 50.0 Å². The summed E-state index contributed by atoms with van der Waals surface area (Å²) >= 11 is 0. The molecule has 9 heteroatoms. The number of piperazine rings is 1. The molecule has 0 unspecified atom stereocenters. The number of nitrogens with two attached hydrogens (primary N) is 1. The number of aliphatic hydroxyl groups excluding tert-OH is 2. The van der Waals surface area contributed by atoms with Gasteiger partial charge >= 0.3 is 0 Å². The van der Waals surface area contributed by atoms with Crippen molar-refractivity contribution in [2.45, 2.75) is 26.0 Å². The van der Waals surface area contributed by atoms with E-state index in [2.05, 4.69) is 31.7 Å². The van der Waals surface area contributed by atoms with Crippen LogP contribution in [0.25, 0.3) is 11.2 Å². The molecule has 1 aliphatic heterocycles. The second-order valence-corrected chi connectivity index (χ2v) is 6.21. The van der Waals surface area contributed by atoms with E-state index in [0.717, 1.165) is 38.7 Å². The number of hydrogen-bond acceptors (Lipinski definition) is 7. The normalized spacial score (nSPS) is 17.5. The van der Waals surface area contributed by atoms with Gasteiger partial charge in [-0.2, -0.15) is 0 Å². The maximum Gasteiger partial charge on any atom is 0.296 e. The Bertz CT molecular complexity index is 682. The molecule has 0 radical (unpaired) electrons. The van der Waals surface area contributed by atoms with Crippen molar-refractivity contribution in [1.29, 1.82) is 0 Å². The summed E-state index contributed by atoms with van der Waals surface area (Å²) < 4.78 is 1.71. The number of nitrogens with one attached hydrogen (secondary N) is 1. The molecule has 9 nitrogen and oxygen atoms in total. The molecular formula is C15H26N7O2+. The zero-order valence-electron chi connectivity index (χ0n) is 14.0. The van der Waals surface area contributed by atoms with Gasteiger partial charge in [0, 0.05) is 26.2 Å². The van der Waals surface area contributed by atoms with E-state index >= 15 is 0 Å². The van der Waals surface area contributed by atoms with Gasteiger partial charge in [-0.25, -0.2) is 4.57 Å². The maximum atomic E-state index is 9.69. The number of imidazole rings is 1. The Labute approximate surface area is 140 Å². The Morgan fingerprint density at radius 1 is 1.38 bits per heavy atom. The van der Waals surface area contributed by atoms with Gasteiger partial charge in [0.15, 0.2) is 5.52 Å². The van der Waals surface area contributed by atoms with Crippen LogP contribution in [0.3, 0.4) is 0 Å². The molecule has 2 aromatic heterocycles. The zero-order chi connectivity index (χ0) is 17.1. The molecule has 3 rings (SSSR count). The van der Waals surface area contributed by atoms with Crippen LogP contribution < -0.4 is 15.2 Å². The highest BCUT2D eigenvalue weighted by molar-refractivity contribution is 5.80. The monoisotopic (exact) mass is 336 g/mol. The van der Waals surface area contributed by atoms with Crippen LogP contribution in [-0.2, 0) is 6.54 Å². The summed E-state index contributed by atoms with van der Waals surface area (Å²) in [6.07, 6.45) is 1.85. The van der Waals surface area contributed by atoms with Crippen LogP contribution in [-0.4, -0.2) is 75.5 Å². The van der Waals surface area contributed by atoms with Gasteiger partial charge in [-0.1, -0.05) is 16.9 Å². The Hall–Kier alpha value is -1.97. The molecule has 1 saturated heterocycles. The van der Waals surface area contributed by atoms with Crippen molar-refractivity contribution in [1.82, 2.24) is 19.9 Å². The Kier molecular flexibility index (Phi) is 5.12. The number of nitrogens with zero attached hydrogens (tertiary/aromatic N) is 5. The molecule has 0 bridgehead atoms. The van der Waals surface area contributed by atoms with Gasteiger partial charge in [-0.15, -0.1) is 0 Å². The number of hydrogen-bond donors (Lipinski definition) is 4. The fourth-order valence-electron chi connectivity index (χ4n) is 3.06. The van der Waals surface area contributed by atoms with Crippen molar-refractivity contribution in [3.05, 3.63) is 6.33 Å². The standard InChI is InChI=1S/C15H25N7O2/c1-2-3-20-4-6-21(7-5-20)15-18-12-13(16)17-10-22(14(12)19-15)8-11(24)9-23/h10-11,23-24H,2-9H2,1H3,(H2,16,18,19)/p+1/t11-/m0/s1. The Morgan fingerprint density at radius 3 is 2.79 bits per heavy atom. The first kappa shape index (κ1) is 16.9. The van der Waals surface area contributed by atoms with Crippen LogP contribution in [0.1, 0.15) is 13.3 Å². The maximum absolute atomic E-state index is 9.69. The molecule has 0 aliphatic carbocycles. The minimum Gasteiger partial charge on any atom is -0.394 e. The third kappa shape index (κ3) is 3.42. The van der Waals surface area contributed by atoms with Crippen molar-refractivity contribution < 1.29 is 14.8 Å². The fourth-order valence-corrected chi connectivity index (χ4v) is 3.06. The van der Waals surface area contributed by atoms with Crippen molar-refractivity contribution >= 4 is 22.9 Å². The van der Waals surface area contributed by atoms with Gasteiger partial charge in [0.05, 0.1) is 13.2 Å². The predicted octanol–water partition coefficient (Wildman–Crippen LogP) is -1.29. The van der Waals surface area contributed by atoms with Crippen molar-refractivity contribution in [3.8, 4) is 0 Å². The lowest BCUT2D eigenvalue weighted by atomic mass is 10.3. The number of H-pyrrole nitrogens is 1. The van der Waals surface area contributed by atoms with E-state index in [4.69, 9.17) is 10.8 Å². The first-order valence-electron chi connectivity index (χ1n) is 8.42. The number of rotatable bonds is 6. The molecule has 5 N–H and O–H groups in total. The quantitative estimate of drug-likeness (QED) is 0.485. The number of fused-ring (bicyclic) bond motifs is 1. The molecular weight excluding hydrogens is 310 g/mol. The molecule has 1 atom stereocenters. The van der Waals surface area contributed by atoms with Crippen LogP contribution >= 0.6 is 0 Å². The molecule has 24 heavy (non-hydrogen) atoms. The molecule has 2 aromatic rings. The molecule has 1 aliphatic rings. The molecule has 0 spiro atoms. The second kappa shape index (κ2) is 7.29. The van der Waals surface area contributed by atoms with E-state index in [0.29, 0.717) is 17.0 Å². The molecule has 0 amide bonds. The smallest absolute Gasteiger partial charge is 0.296 e. The third-order valence-electron chi connectivity index (χ3n) is 4.37. The molecule has 0 saturated carbocycles. The first-order chi connectivity index (χ1) is 11.6. The van der Waals surface area contributed by atoms with E-state index in [1.165, 1.54) is 6.42 Å². The number of aromatic amines is 1. The van der Waals surface area contributed by atoms with Gasteiger partial charge in [0.2, 0.25) is 12.1 Å². The molecule has 1 fully saturated rings. The van der Waals surface area contributed by atoms with E-state index in [1.54, 1.807) is 10.9 Å². The summed E-state index contributed by atoms with van der Waals surface area (Å²) in [5.41, 5.74) is 7.26. The lowest BCUT2D eigenvalue weighted by Gasteiger charge is -2.33. The van der Waals surface area contributed by atoms with Crippen LogP contribution in [0, 0.1) is 0 Å². The number of aliphatic hydroxyl groups is 2. The van der Waals surface area contributed by atoms with E-state index in [9.17, 15) is 5.11 Å². The summed E-state index contributed by atoms with van der Waals surface area (Å²) in [6, 6.07) is 0. The van der Waals surface area contributed by atoms with Crippen LogP contribution in [0.4, 0.5) is 11.8 Å². The number of nitrogen functional groups attached to an aromatic ring is 1. The minimum atomic E-state index is -0.860. The average Bonchev–Trinajstić information content (AvgIpc) is 3.05. The molecule has 0 aromatic carbocycles. The summed E-state index contributed by atoms with van der Waals surface area (Å²) in [6.45, 7) is 7.08. The highest BCUT2D eigenvalue weighted by Gasteiger charge is 2.25. The van der Waals surface area contributed by atoms with Crippen LogP contribution in [0.2, 0.25) is 0 Å². The fraction of sp³-hybridized carbons (Fsp3) is 0.667. The highest BCUT2D eigenvalue weighted by Crippen LogP contribution is 2.19.